The molecule has 0 atom stereocenters. The molecule has 0 bridgehead atoms. The number of thiophene rings is 1. The molecule has 0 aliphatic heterocycles. The Morgan fingerprint density at radius 2 is 2.16 bits per heavy atom. The summed E-state index contributed by atoms with van der Waals surface area (Å²) in [6, 6.07) is 3.42. The number of anilines is 1. The second-order valence-corrected chi connectivity index (χ2v) is 10.5. The van der Waals surface area contributed by atoms with Crippen LogP contribution in [-0.4, -0.2) is 51.7 Å². The van der Waals surface area contributed by atoms with Crippen LogP contribution < -0.4 is 10.9 Å². The summed E-state index contributed by atoms with van der Waals surface area (Å²) >= 11 is 8.95. The van der Waals surface area contributed by atoms with E-state index in [0.717, 1.165) is 48.9 Å². The molecule has 0 saturated heterocycles. The van der Waals surface area contributed by atoms with Crippen molar-refractivity contribution in [1.29, 1.82) is 0 Å². The van der Waals surface area contributed by atoms with Crippen molar-refractivity contribution in [3.05, 3.63) is 44.3 Å². The minimum atomic E-state index is -0.218. The van der Waals surface area contributed by atoms with E-state index in [0.29, 0.717) is 17.4 Å². The second kappa shape index (κ2) is 10.3. The normalized spacial score (nSPS) is 13.5. The molecule has 0 fully saturated rings. The van der Waals surface area contributed by atoms with Gasteiger partial charge in [-0.25, -0.2) is 9.97 Å². The zero-order chi connectivity index (χ0) is 22.7. The van der Waals surface area contributed by atoms with Crippen molar-refractivity contribution in [3.8, 4) is 0 Å². The Morgan fingerprint density at radius 1 is 1.34 bits per heavy atom. The molecule has 10 heteroatoms. The Kier molecular flexibility index (Phi) is 7.50. The van der Waals surface area contributed by atoms with Crippen LogP contribution in [0.15, 0.2) is 28.3 Å². The highest BCUT2D eigenvalue weighted by atomic mass is 35.5. The van der Waals surface area contributed by atoms with Gasteiger partial charge in [-0.2, -0.15) is 0 Å². The number of pyridine rings is 1. The highest BCUT2D eigenvalue weighted by Gasteiger charge is 2.22. The summed E-state index contributed by atoms with van der Waals surface area (Å²) < 4.78 is 1.75. The molecule has 3 aromatic rings. The van der Waals surface area contributed by atoms with Crippen LogP contribution in [0, 0.1) is 0 Å². The molecule has 1 aliphatic carbocycles. The fourth-order valence-corrected chi connectivity index (χ4v) is 6.16. The molecule has 0 spiro atoms. The summed E-state index contributed by atoms with van der Waals surface area (Å²) in [5.41, 5.74) is 1.68. The number of amides is 1. The van der Waals surface area contributed by atoms with Gasteiger partial charge in [-0.3, -0.25) is 14.2 Å². The first kappa shape index (κ1) is 23.2. The molecule has 0 unspecified atom stereocenters. The van der Waals surface area contributed by atoms with E-state index in [2.05, 4.69) is 15.2 Å². The molecule has 0 aromatic carbocycles. The molecule has 4 rings (SSSR count). The van der Waals surface area contributed by atoms with Crippen molar-refractivity contribution in [2.45, 2.75) is 43.8 Å². The second-order valence-electron chi connectivity index (χ2n) is 8.08. The number of halogens is 1. The fraction of sp³-hybridized carbons (Fsp3) is 0.455. The van der Waals surface area contributed by atoms with Crippen molar-refractivity contribution in [1.82, 2.24) is 19.4 Å². The first-order chi connectivity index (χ1) is 15.4. The number of carbonyl (C=O) groups excluding carboxylic acids is 1. The third kappa shape index (κ3) is 5.17. The Morgan fingerprint density at radius 3 is 2.94 bits per heavy atom. The standard InChI is InChI=1S/C22H26ClN5O2S2/c1-27(2)11-6-12-28-21(30)18-14-7-3-4-9-16(14)32-20(18)26-22(28)31-13-17(29)25-15-8-5-10-24-19(15)23/h5,8,10H,3-4,6-7,9,11-13H2,1-2H3,(H,25,29). The lowest BCUT2D eigenvalue weighted by molar-refractivity contribution is -0.113. The first-order valence-electron chi connectivity index (χ1n) is 10.7. The predicted octanol–water partition coefficient (Wildman–Crippen LogP) is 4.07. The number of thioether (sulfide) groups is 1. The minimum absolute atomic E-state index is 0.0198. The Bertz CT molecular complexity index is 1190. The lowest BCUT2D eigenvalue weighted by Gasteiger charge is -2.15. The number of aryl methyl sites for hydroxylation is 2. The van der Waals surface area contributed by atoms with Crippen LogP contribution in [0.25, 0.3) is 10.2 Å². The monoisotopic (exact) mass is 491 g/mol. The van der Waals surface area contributed by atoms with Crippen molar-refractivity contribution in [3.63, 3.8) is 0 Å². The molecule has 0 saturated carbocycles. The van der Waals surface area contributed by atoms with Crippen molar-refractivity contribution >= 4 is 56.5 Å². The summed E-state index contributed by atoms with van der Waals surface area (Å²) in [6.07, 6.45) is 6.65. The number of hydrogen-bond acceptors (Lipinski definition) is 7. The summed E-state index contributed by atoms with van der Waals surface area (Å²) in [4.78, 5) is 39.0. The maximum atomic E-state index is 13.5. The largest absolute Gasteiger partial charge is 0.323 e. The van der Waals surface area contributed by atoms with Gasteiger partial charge in [0, 0.05) is 17.6 Å². The highest BCUT2D eigenvalue weighted by Crippen LogP contribution is 2.34. The van der Waals surface area contributed by atoms with Gasteiger partial charge in [-0.1, -0.05) is 23.4 Å². The predicted molar refractivity (Wildman–Crippen MR) is 132 cm³/mol. The third-order valence-electron chi connectivity index (χ3n) is 5.39. The molecule has 3 aromatic heterocycles. The summed E-state index contributed by atoms with van der Waals surface area (Å²) in [5, 5.41) is 4.39. The number of nitrogens with zero attached hydrogens (tertiary/aromatic N) is 4. The molecule has 1 N–H and O–H groups in total. The lowest BCUT2D eigenvalue weighted by atomic mass is 9.97. The number of fused-ring (bicyclic) bond motifs is 3. The maximum absolute atomic E-state index is 13.5. The zero-order valence-electron chi connectivity index (χ0n) is 18.2. The third-order valence-corrected chi connectivity index (χ3v) is 7.86. The number of nitrogens with one attached hydrogen (secondary N) is 1. The van der Waals surface area contributed by atoms with Crippen molar-refractivity contribution in [2.75, 3.05) is 31.7 Å². The van der Waals surface area contributed by atoms with Crippen LogP contribution in [0.4, 0.5) is 5.69 Å². The number of hydrogen-bond donors (Lipinski definition) is 1. The average Bonchev–Trinajstić information content (AvgIpc) is 3.14. The molecule has 170 valence electrons. The molecular weight excluding hydrogens is 466 g/mol. The van der Waals surface area contributed by atoms with Gasteiger partial charge in [0.25, 0.3) is 5.56 Å². The number of carbonyl (C=O) groups is 1. The smallest absolute Gasteiger partial charge is 0.263 e. The van der Waals surface area contributed by atoms with Gasteiger partial charge in [0.05, 0.1) is 16.8 Å². The topological polar surface area (TPSA) is 80.1 Å². The SMILES string of the molecule is CN(C)CCCn1c(SCC(=O)Nc2cccnc2Cl)nc2sc3c(c2c1=O)CCCC3. The van der Waals surface area contributed by atoms with E-state index >= 15 is 0 Å². The molecule has 0 radical (unpaired) electrons. The van der Waals surface area contributed by atoms with E-state index < -0.39 is 0 Å². The van der Waals surface area contributed by atoms with Crippen molar-refractivity contribution in [2.24, 2.45) is 0 Å². The Labute approximate surface area is 200 Å². The molecule has 1 amide bonds. The van der Waals surface area contributed by atoms with E-state index in [1.165, 1.54) is 22.2 Å². The first-order valence-corrected chi connectivity index (χ1v) is 12.8. The molecular formula is C22H26ClN5O2S2. The maximum Gasteiger partial charge on any atom is 0.263 e. The van der Waals surface area contributed by atoms with Crippen LogP contribution in [0.1, 0.15) is 29.7 Å². The van der Waals surface area contributed by atoms with Gasteiger partial charge >= 0.3 is 0 Å². The van der Waals surface area contributed by atoms with Gasteiger partial charge < -0.3 is 10.2 Å². The van der Waals surface area contributed by atoms with Gasteiger partial charge in [0.2, 0.25) is 5.91 Å². The molecule has 1 aliphatic rings. The minimum Gasteiger partial charge on any atom is -0.323 e. The fourth-order valence-electron chi connectivity index (χ4n) is 3.87. The highest BCUT2D eigenvalue weighted by molar-refractivity contribution is 7.99. The van der Waals surface area contributed by atoms with Crippen LogP contribution >= 0.6 is 34.7 Å². The van der Waals surface area contributed by atoms with E-state index in [9.17, 15) is 9.59 Å². The summed E-state index contributed by atoms with van der Waals surface area (Å²) in [7, 11) is 4.03. The summed E-state index contributed by atoms with van der Waals surface area (Å²) in [6.45, 7) is 1.44. The molecule has 3 heterocycles. The average molecular weight is 492 g/mol. The van der Waals surface area contributed by atoms with Crippen LogP contribution in [0.5, 0.6) is 0 Å². The van der Waals surface area contributed by atoms with E-state index in [4.69, 9.17) is 16.6 Å². The van der Waals surface area contributed by atoms with E-state index in [1.54, 1.807) is 34.2 Å². The van der Waals surface area contributed by atoms with Crippen LogP contribution in [0.2, 0.25) is 5.15 Å². The Balaban J connectivity index is 1.60. The van der Waals surface area contributed by atoms with Gasteiger partial charge in [-0.15, -0.1) is 11.3 Å². The van der Waals surface area contributed by atoms with E-state index in [1.807, 2.05) is 14.1 Å². The van der Waals surface area contributed by atoms with Crippen molar-refractivity contribution < 1.29 is 4.79 Å². The molecule has 32 heavy (non-hydrogen) atoms. The lowest BCUT2D eigenvalue weighted by Crippen LogP contribution is -2.26. The van der Waals surface area contributed by atoms with Crippen LogP contribution in [0.3, 0.4) is 0 Å². The number of rotatable bonds is 8. The van der Waals surface area contributed by atoms with Crippen LogP contribution in [-0.2, 0) is 24.2 Å². The van der Waals surface area contributed by atoms with E-state index in [-0.39, 0.29) is 22.4 Å². The molecule has 7 nitrogen and oxygen atoms in total. The zero-order valence-corrected chi connectivity index (χ0v) is 20.6. The van der Waals surface area contributed by atoms with Gasteiger partial charge in [0.15, 0.2) is 10.3 Å². The van der Waals surface area contributed by atoms with Gasteiger partial charge in [0.1, 0.15) is 4.83 Å². The quantitative estimate of drug-likeness (QED) is 0.290. The number of aromatic nitrogens is 3. The van der Waals surface area contributed by atoms with Gasteiger partial charge in [-0.05, 0) is 70.4 Å². The summed E-state index contributed by atoms with van der Waals surface area (Å²) in [5.74, 6) is -0.0911. The Hall–Kier alpha value is -1.94.